The zero-order chi connectivity index (χ0) is 24.8. The van der Waals surface area contributed by atoms with Gasteiger partial charge < -0.3 is 18.3 Å². The van der Waals surface area contributed by atoms with Gasteiger partial charge in [-0.05, 0) is 49.1 Å². The summed E-state index contributed by atoms with van der Waals surface area (Å²) < 4.78 is 27.6. The van der Waals surface area contributed by atoms with Crippen LogP contribution in [0.2, 0.25) is 55.9 Å². The molecule has 0 unspecified atom stereocenters. The van der Waals surface area contributed by atoms with Crippen LogP contribution in [0.3, 0.4) is 0 Å². The molecule has 1 spiro atoms. The molecule has 0 aromatic carbocycles. The van der Waals surface area contributed by atoms with E-state index in [0.717, 1.165) is 67.9 Å². The van der Waals surface area contributed by atoms with Gasteiger partial charge in [0.15, 0.2) is 16.6 Å². The average Bonchev–Trinajstić information content (AvgIpc) is 3.06. The van der Waals surface area contributed by atoms with Crippen molar-refractivity contribution >= 4 is 24.7 Å². The second-order valence-corrected chi connectivity index (χ2v) is 25.0. The van der Waals surface area contributed by atoms with E-state index in [2.05, 4.69) is 72.6 Å². The van der Waals surface area contributed by atoms with E-state index < -0.39 is 30.5 Å². The third-order valence-corrected chi connectivity index (χ3v) is 18.0. The first-order valence-corrected chi connectivity index (χ1v) is 22.0. The highest BCUT2D eigenvalue weighted by Crippen LogP contribution is 2.47. The molecule has 3 atom stereocenters. The van der Waals surface area contributed by atoms with Crippen molar-refractivity contribution < 1.29 is 18.3 Å². The van der Waals surface area contributed by atoms with Gasteiger partial charge in [0, 0.05) is 12.5 Å². The van der Waals surface area contributed by atoms with E-state index in [1.54, 1.807) is 0 Å². The summed E-state index contributed by atoms with van der Waals surface area (Å²) in [6, 6.07) is 6.61. The Hall–Kier alpha value is -0.369. The Labute approximate surface area is 207 Å². The first-order valence-electron chi connectivity index (χ1n) is 13.5. The molecule has 4 nitrogen and oxygen atoms in total. The number of allylic oxidation sites excluding steroid dienone is 1. The van der Waals surface area contributed by atoms with Crippen molar-refractivity contribution in [3.05, 3.63) is 11.8 Å². The summed E-state index contributed by atoms with van der Waals surface area (Å²) in [7, 11) is -5.31. The largest absolute Gasteiger partial charge is 0.460 e. The second kappa shape index (κ2) is 12.0. The SMILES string of the molecule is CC[Si](CC)(CC)O[C@@H]1[C@@H](O[Si](CC)(CC)CC)/C(=C/C#C[Si](C)(C)C)O[C@]12CCCCO2. The van der Waals surface area contributed by atoms with Gasteiger partial charge >= 0.3 is 0 Å². The van der Waals surface area contributed by atoms with Crippen LogP contribution in [0.15, 0.2) is 11.8 Å². The van der Waals surface area contributed by atoms with Crippen molar-refractivity contribution in [3.63, 3.8) is 0 Å². The van der Waals surface area contributed by atoms with Gasteiger partial charge in [0.05, 0.1) is 6.61 Å². The molecule has 0 saturated carbocycles. The van der Waals surface area contributed by atoms with Crippen LogP contribution in [0.5, 0.6) is 0 Å². The van der Waals surface area contributed by atoms with Gasteiger partial charge in [0.2, 0.25) is 5.79 Å². The summed E-state index contributed by atoms with van der Waals surface area (Å²) in [5, 5.41) is 0. The van der Waals surface area contributed by atoms with Crippen molar-refractivity contribution in [2.75, 3.05) is 6.61 Å². The molecule has 7 heteroatoms. The first-order chi connectivity index (χ1) is 15.6. The molecule has 0 N–H and O–H groups in total. The Balaban J connectivity index is 2.59. The Morgan fingerprint density at radius 1 is 0.879 bits per heavy atom. The Bertz CT molecular complexity index is 689. The van der Waals surface area contributed by atoms with E-state index in [-0.39, 0.29) is 12.2 Å². The normalized spacial score (nSPS) is 27.5. The minimum Gasteiger partial charge on any atom is -0.460 e. The lowest BCUT2D eigenvalue weighted by atomic mass is 9.98. The zero-order valence-electron chi connectivity index (χ0n) is 22.9. The van der Waals surface area contributed by atoms with Crippen LogP contribution in [-0.2, 0) is 18.3 Å². The van der Waals surface area contributed by atoms with Crippen LogP contribution in [0, 0.1) is 11.5 Å². The summed E-state index contributed by atoms with van der Waals surface area (Å²) in [6.45, 7) is 21.3. The summed E-state index contributed by atoms with van der Waals surface area (Å²) >= 11 is 0. The fraction of sp³-hybridized carbons (Fsp3) is 0.846. The predicted octanol–water partition coefficient (Wildman–Crippen LogP) is 7.46. The van der Waals surface area contributed by atoms with Crippen LogP contribution >= 0.6 is 0 Å². The number of ether oxygens (including phenoxy) is 2. The van der Waals surface area contributed by atoms with E-state index in [0.29, 0.717) is 0 Å². The smallest absolute Gasteiger partial charge is 0.238 e. The maximum Gasteiger partial charge on any atom is 0.238 e. The molecule has 2 saturated heterocycles. The first kappa shape index (κ1) is 28.9. The lowest BCUT2D eigenvalue weighted by molar-refractivity contribution is -0.253. The van der Waals surface area contributed by atoms with E-state index in [1.165, 1.54) is 0 Å². The van der Waals surface area contributed by atoms with E-state index in [9.17, 15) is 0 Å². The van der Waals surface area contributed by atoms with E-state index in [4.69, 9.17) is 18.3 Å². The lowest BCUT2D eigenvalue weighted by Gasteiger charge is -2.43. The molecule has 190 valence electrons. The summed E-state index contributed by atoms with van der Waals surface area (Å²) in [4.78, 5) is 0. The molecular weight excluding hydrogens is 461 g/mol. The van der Waals surface area contributed by atoms with Crippen molar-refractivity contribution in [2.24, 2.45) is 0 Å². The molecule has 2 heterocycles. The number of hydrogen-bond acceptors (Lipinski definition) is 4. The molecule has 0 aromatic rings. The van der Waals surface area contributed by atoms with Gasteiger partial charge in [-0.25, -0.2) is 0 Å². The fourth-order valence-corrected chi connectivity index (χ4v) is 11.2. The van der Waals surface area contributed by atoms with Crippen LogP contribution in [-0.4, -0.2) is 49.3 Å². The van der Waals surface area contributed by atoms with Crippen molar-refractivity contribution in [2.45, 2.75) is 135 Å². The molecule has 0 aromatic heterocycles. The van der Waals surface area contributed by atoms with Gasteiger partial charge in [-0.3, -0.25) is 0 Å². The minimum atomic E-state index is -1.91. The monoisotopic (exact) mass is 510 g/mol. The van der Waals surface area contributed by atoms with Crippen molar-refractivity contribution in [3.8, 4) is 11.5 Å². The Morgan fingerprint density at radius 2 is 1.42 bits per heavy atom. The maximum atomic E-state index is 7.22. The standard InChI is InChI=1S/C26H50O4Si3/c1-10-32(11-2,12-3)29-24-23(19-18-22-31(7,8)9)28-26(20-16-17-21-27-26)25(24)30-33(13-4,14-5)15-6/h19,24-25H,10-17,20-21H2,1-9H3/b23-19-/t24-,25+,26+/m0/s1. The highest BCUT2D eigenvalue weighted by Gasteiger charge is 2.59. The highest BCUT2D eigenvalue weighted by molar-refractivity contribution is 6.83. The molecule has 2 rings (SSSR count). The predicted molar refractivity (Wildman–Crippen MR) is 147 cm³/mol. The summed E-state index contributed by atoms with van der Waals surface area (Å²) in [5.74, 6) is 3.45. The zero-order valence-corrected chi connectivity index (χ0v) is 25.9. The average molecular weight is 511 g/mol. The molecule has 2 aliphatic rings. The van der Waals surface area contributed by atoms with Gasteiger partial charge in [0.25, 0.3) is 0 Å². The van der Waals surface area contributed by atoms with E-state index in [1.807, 2.05) is 6.08 Å². The summed E-state index contributed by atoms with van der Waals surface area (Å²) in [5.41, 5.74) is 3.48. The molecular formula is C26H50O4Si3. The number of hydrogen-bond donors (Lipinski definition) is 0. The van der Waals surface area contributed by atoms with Gasteiger partial charge in [0.1, 0.15) is 26.0 Å². The van der Waals surface area contributed by atoms with Crippen LogP contribution in [0.1, 0.15) is 60.8 Å². The molecule has 2 fully saturated rings. The van der Waals surface area contributed by atoms with Crippen LogP contribution in [0.4, 0.5) is 0 Å². The minimum absolute atomic E-state index is 0.208. The highest BCUT2D eigenvalue weighted by atomic mass is 28.4. The topological polar surface area (TPSA) is 36.9 Å². The molecule has 0 amide bonds. The van der Waals surface area contributed by atoms with Gasteiger partial charge in [-0.2, -0.15) is 0 Å². The van der Waals surface area contributed by atoms with Crippen molar-refractivity contribution in [1.82, 2.24) is 0 Å². The Kier molecular flexibility index (Phi) is 10.5. The lowest BCUT2D eigenvalue weighted by Crippen LogP contribution is -2.56. The molecule has 0 aliphatic carbocycles. The number of rotatable bonds is 10. The van der Waals surface area contributed by atoms with Crippen LogP contribution in [0.25, 0.3) is 0 Å². The maximum absolute atomic E-state index is 7.22. The Morgan fingerprint density at radius 3 is 1.88 bits per heavy atom. The second-order valence-electron chi connectivity index (χ2n) is 10.8. The van der Waals surface area contributed by atoms with Gasteiger partial charge in [-0.1, -0.05) is 67.1 Å². The summed E-state index contributed by atoms with van der Waals surface area (Å²) in [6.07, 6.45) is 4.59. The van der Waals surface area contributed by atoms with Crippen molar-refractivity contribution in [1.29, 1.82) is 0 Å². The van der Waals surface area contributed by atoms with E-state index >= 15 is 0 Å². The van der Waals surface area contributed by atoms with Crippen LogP contribution < -0.4 is 0 Å². The third-order valence-electron chi connectivity index (χ3n) is 7.83. The quantitative estimate of drug-likeness (QED) is 0.226. The van der Waals surface area contributed by atoms with Gasteiger partial charge in [-0.15, -0.1) is 5.54 Å². The molecule has 0 bridgehead atoms. The fourth-order valence-electron chi connectivity index (χ4n) is 5.04. The third kappa shape index (κ3) is 6.86. The molecule has 33 heavy (non-hydrogen) atoms. The molecule has 0 radical (unpaired) electrons. The molecule has 2 aliphatic heterocycles.